The number of hydrogen-bond donors (Lipinski definition) is 4. The van der Waals surface area contributed by atoms with Crippen molar-refractivity contribution in [3.05, 3.63) is 69.7 Å². The highest BCUT2D eigenvalue weighted by atomic mass is 35.5. The van der Waals surface area contributed by atoms with Gasteiger partial charge in [-0.3, -0.25) is 4.99 Å². The van der Waals surface area contributed by atoms with Crippen LogP contribution in [-0.2, 0) is 6.42 Å². The summed E-state index contributed by atoms with van der Waals surface area (Å²) in [7, 11) is 0. The highest BCUT2D eigenvalue weighted by Gasteiger charge is 2.13. The zero-order valence-electron chi connectivity index (χ0n) is 15.9. The minimum atomic E-state index is 0.0865. The molecule has 0 aliphatic rings. The first-order chi connectivity index (χ1) is 13.9. The third-order valence-corrected chi connectivity index (χ3v) is 5.60. The summed E-state index contributed by atoms with van der Waals surface area (Å²) >= 11 is 12.4. The maximum Gasteiger partial charge on any atom is 0.185 e. The zero-order chi connectivity index (χ0) is 20.5. The van der Waals surface area contributed by atoms with Crippen LogP contribution in [0.15, 0.2) is 53.5 Å². The first kappa shape index (κ1) is 19.4. The molecule has 0 saturated carbocycles. The van der Waals surface area contributed by atoms with E-state index >= 15 is 0 Å². The summed E-state index contributed by atoms with van der Waals surface area (Å²) in [4.78, 5) is 7.69. The Balaban J connectivity index is 1.84. The van der Waals surface area contributed by atoms with Crippen LogP contribution >= 0.6 is 23.2 Å². The van der Waals surface area contributed by atoms with Gasteiger partial charge in [0.1, 0.15) is 0 Å². The summed E-state index contributed by atoms with van der Waals surface area (Å²) in [5.41, 5.74) is 17.2. The monoisotopic (exact) mass is 425 g/mol. The molecule has 4 rings (SSSR count). The highest BCUT2D eigenvalue weighted by Crippen LogP contribution is 2.35. The molecule has 4 aromatic rings. The number of nitrogens with one attached hydrogen (secondary N) is 2. The van der Waals surface area contributed by atoms with Gasteiger partial charge in [0.15, 0.2) is 5.96 Å². The van der Waals surface area contributed by atoms with Crippen LogP contribution in [0.3, 0.4) is 0 Å². The van der Waals surface area contributed by atoms with Crippen LogP contribution in [0.2, 0.25) is 10.0 Å². The fraction of sp³-hybridized carbons (Fsp3) is 0.136. The molecular weight excluding hydrogens is 405 g/mol. The van der Waals surface area contributed by atoms with Crippen molar-refractivity contribution < 1.29 is 0 Å². The number of H-pyrrole nitrogens is 1. The van der Waals surface area contributed by atoms with Crippen LogP contribution in [0.25, 0.3) is 21.8 Å². The number of hydrogen-bond acceptors (Lipinski definition) is 2. The molecule has 29 heavy (non-hydrogen) atoms. The third kappa shape index (κ3) is 3.97. The number of anilines is 2. The van der Waals surface area contributed by atoms with Gasteiger partial charge in [0, 0.05) is 49.8 Å². The van der Waals surface area contributed by atoms with Crippen LogP contribution in [0.5, 0.6) is 0 Å². The molecule has 0 aliphatic heterocycles. The Labute approximate surface area is 178 Å². The van der Waals surface area contributed by atoms with Crippen molar-refractivity contribution >= 4 is 62.3 Å². The number of benzene rings is 3. The average Bonchev–Trinajstić information content (AvgIpc) is 3.04. The van der Waals surface area contributed by atoms with Crippen molar-refractivity contribution in [3.63, 3.8) is 0 Å². The molecule has 0 amide bonds. The second-order valence-electron chi connectivity index (χ2n) is 6.97. The third-order valence-electron chi connectivity index (χ3n) is 4.94. The van der Waals surface area contributed by atoms with Gasteiger partial charge in [-0.25, -0.2) is 0 Å². The molecule has 6 N–H and O–H groups in total. The van der Waals surface area contributed by atoms with E-state index in [0.29, 0.717) is 18.0 Å². The number of nitrogens with two attached hydrogens (primary N) is 2. The van der Waals surface area contributed by atoms with Crippen molar-refractivity contribution in [2.75, 3.05) is 11.9 Å². The second-order valence-corrected chi connectivity index (χ2v) is 7.82. The average molecular weight is 426 g/mol. The van der Waals surface area contributed by atoms with E-state index in [1.165, 1.54) is 0 Å². The molecular formula is C22H21Cl2N5. The molecule has 0 spiro atoms. The van der Waals surface area contributed by atoms with Gasteiger partial charge >= 0.3 is 0 Å². The van der Waals surface area contributed by atoms with Crippen LogP contribution < -0.4 is 16.8 Å². The summed E-state index contributed by atoms with van der Waals surface area (Å²) < 4.78 is 0. The summed E-state index contributed by atoms with van der Waals surface area (Å²) in [6, 6.07) is 15.9. The zero-order valence-corrected chi connectivity index (χ0v) is 17.4. The molecule has 148 valence electrons. The molecule has 5 nitrogen and oxygen atoms in total. The number of halogens is 2. The lowest BCUT2D eigenvalue weighted by Gasteiger charge is -2.14. The Morgan fingerprint density at radius 3 is 2.62 bits per heavy atom. The number of aryl methyl sites for hydroxylation is 1. The van der Waals surface area contributed by atoms with Gasteiger partial charge in [-0.1, -0.05) is 29.3 Å². The molecule has 0 fully saturated rings. The molecule has 0 bridgehead atoms. The van der Waals surface area contributed by atoms with Gasteiger partial charge in [-0.2, -0.15) is 0 Å². The smallest absolute Gasteiger partial charge is 0.185 e. The minimum absolute atomic E-state index is 0.0865. The fourth-order valence-electron chi connectivity index (χ4n) is 3.55. The number of guanidine groups is 1. The SMILES string of the molecule is Cc1cc(Nc2ccc3c([nH]c4ccc(Cl)cc43)c2CCN=C(N)N)ccc1Cl. The second kappa shape index (κ2) is 7.85. The quantitative estimate of drug-likeness (QED) is 0.251. The van der Waals surface area contributed by atoms with Gasteiger partial charge < -0.3 is 21.8 Å². The molecule has 1 aromatic heterocycles. The normalized spacial score (nSPS) is 11.1. The van der Waals surface area contributed by atoms with Crippen LogP contribution in [0, 0.1) is 6.92 Å². The van der Waals surface area contributed by atoms with Crippen molar-refractivity contribution in [2.45, 2.75) is 13.3 Å². The van der Waals surface area contributed by atoms with E-state index in [2.05, 4.69) is 27.4 Å². The van der Waals surface area contributed by atoms with E-state index in [1.807, 2.05) is 43.3 Å². The van der Waals surface area contributed by atoms with Gasteiger partial charge in [0.25, 0.3) is 0 Å². The van der Waals surface area contributed by atoms with E-state index in [-0.39, 0.29) is 5.96 Å². The number of aromatic amines is 1. The molecule has 0 radical (unpaired) electrons. The molecule has 0 aliphatic carbocycles. The van der Waals surface area contributed by atoms with Crippen molar-refractivity contribution in [2.24, 2.45) is 16.5 Å². The number of aliphatic imine (C=N–C) groups is 1. The lowest BCUT2D eigenvalue weighted by Crippen LogP contribution is -2.23. The topological polar surface area (TPSA) is 92.2 Å². The summed E-state index contributed by atoms with van der Waals surface area (Å²) in [5, 5.41) is 7.16. The van der Waals surface area contributed by atoms with Crippen molar-refractivity contribution in [3.8, 4) is 0 Å². The predicted molar refractivity (Wildman–Crippen MR) is 125 cm³/mol. The van der Waals surface area contributed by atoms with E-state index < -0.39 is 0 Å². The Bertz CT molecular complexity index is 1240. The molecule has 0 atom stereocenters. The number of rotatable bonds is 5. The first-order valence-corrected chi connectivity index (χ1v) is 9.99. The van der Waals surface area contributed by atoms with Gasteiger partial charge in [-0.05, 0) is 61.4 Å². The van der Waals surface area contributed by atoms with E-state index in [0.717, 1.165) is 49.3 Å². The van der Waals surface area contributed by atoms with E-state index in [1.54, 1.807) is 0 Å². The minimum Gasteiger partial charge on any atom is -0.370 e. The molecule has 3 aromatic carbocycles. The molecule has 7 heteroatoms. The summed E-state index contributed by atoms with van der Waals surface area (Å²) in [5.74, 6) is 0.0865. The molecule has 1 heterocycles. The first-order valence-electron chi connectivity index (χ1n) is 9.24. The van der Waals surface area contributed by atoms with Crippen LogP contribution in [0.1, 0.15) is 11.1 Å². The number of fused-ring (bicyclic) bond motifs is 3. The lowest BCUT2D eigenvalue weighted by molar-refractivity contribution is 0.969. The maximum absolute atomic E-state index is 6.22. The van der Waals surface area contributed by atoms with Crippen molar-refractivity contribution in [1.29, 1.82) is 0 Å². The Kier molecular flexibility index (Phi) is 5.26. The molecule has 0 saturated heterocycles. The number of aromatic nitrogens is 1. The maximum atomic E-state index is 6.22. The van der Waals surface area contributed by atoms with Crippen LogP contribution in [-0.4, -0.2) is 17.5 Å². The molecule has 0 unspecified atom stereocenters. The fourth-order valence-corrected chi connectivity index (χ4v) is 3.84. The van der Waals surface area contributed by atoms with Crippen LogP contribution in [0.4, 0.5) is 11.4 Å². The Morgan fingerprint density at radius 2 is 1.86 bits per heavy atom. The standard InChI is InChI=1S/C22H21Cl2N5/c1-12-10-14(3-5-18(12)24)28-19-7-4-15-17-11-13(23)2-6-20(17)29-21(15)16(19)8-9-27-22(25)26/h2-7,10-11,28-29H,8-9H2,1H3,(H4,25,26,27). The van der Waals surface area contributed by atoms with Crippen molar-refractivity contribution in [1.82, 2.24) is 4.98 Å². The van der Waals surface area contributed by atoms with Gasteiger partial charge in [0.2, 0.25) is 0 Å². The largest absolute Gasteiger partial charge is 0.370 e. The van der Waals surface area contributed by atoms with Gasteiger partial charge in [-0.15, -0.1) is 0 Å². The van der Waals surface area contributed by atoms with E-state index in [9.17, 15) is 0 Å². The Morgan fingerprint density at radius 1 is 1.03 bits per heavy atom. The number of nitrogens with zero attached hydrogens (tertiary/aromatic N) is 1. The van der Waals surface area contributed by atoms with Gasteiger partial charge in [0.05, 0.1) is 5.52 Å². The summed E-state index contributed by atoms with van der Waals surface area (Å²) in [6.45, 7) is 2.48. The summed E-state index contributed by atoms with van der Waals surface area (Å²) in [6.07, 6.45) is 0.671. The lowest BCUT2D eigenvalue weighted by atomic mass is 10.0. The highest BCUT2D eigenvalue weighted by molar-refractivity contribution is 6.32. The predicted octanol–water partition coefficient (Wildman–Crippen LogP) is 5.50. The Hall–Kier alpha value is -2.89. The van der Waals surface area contributed by atoms with E-state index in [4.69, 9.17) is 34.7 Å².